The summed E-state index contributed by atoms with van der Waals surface area (Å²) in [6.07, 6.45) is 5.68. The molecule has 0 radical (unpaired) electrons. The van der Waals surface area contributed by atoms with Crippen molar-refractivity contribution in [3.63, 3.8) is 0 Å². The smallest absolute Gasteiger partial charge is 0.253 e. The average Bonchev–Trinajstić information content (AvgIpc) is 3.43. The minimum Gasteiger partial charge on any atom is -0.369 e. The number of halogens is 1. The summed E-state index contributed by atoms with van der Waals surface area (Å²) >= 11 is 0. The molecule has 3 heterocycles. The van der Waals surface area contributed by atoms with Crippen LogP contribution in [0.1, 0.15) is 66.7 Å². The van der Waals surface area contributed by atoms with Gasteiger partial charge in [-0.2, -0.15) is 0 Å². The summed E-state index contributed by atoms with van der Waals surface area (Å²) in [5.74, 6) is 0.503. The van der Waals surface area contributed by atoms with Crippen molar-refractivity contribution in [2.24, 2.45) is 0 Å². The number of piperazine rings is 1. The van der Waals surface area contributed by atoms with Crippen molar-refractivity contribution in [3.8, 4) is 0 Å². The number of fused-ring (bicyclic) bond motifs is 1. The quantitative estimate of drug-likeness (QED) is 0.415. The van der Waals surface area contributed by atoms with Crippen LogP contribution < -0.4 is 10.5 Å². The van der Waals surface area contributed by atoms with Crippen molar-refractivity contribution < 1.29 is 4.39 Å². The van der Waals surface area contributed by atoms with E-state index in [-0.39, 0.29) is 23.5 Å². The minimum atomic E-state index is -0.364. The maximum absolute atomic E-state index is 13.7. The van der Waals surface area contributed by atoms with Gasteiger partial charge in [0.2, 0.25) is 0 Å². The highest BCUT2D eigenvalue weighted by molar-refractivity contribution is 5.83. The lowest BCUT2D eigenvalue weighted by molar-refractivity contribution is 0.192. The molecule has 1 atom stereocenters. The van der Waals surface area contributed by atoms with Gasteiger partial charge in [0, 0.05) is 37.4 Å². The zero-order valence-electron chi connectivity index (χ0n) is 22.0. The largest absolute Gasteiger partial charge is 0.369 e. The fourth-order valence-electron chi connectivity index (χ4n) is 6.10. The number of aromatic amines is 1. The highest BCUT2D eigenvalue weighted by Gasteiger charge is 2.34. The van der Waals surface area contributed by atoms with E-state index in [0.717, 1.165) is 72.6 Å². The topological polar surface area (TPSA) is 82.9 Å². The van der Waals surface area contributed by atoms with Crippen LogP contribution >= 0.6 is 0 Å². The molecule has 1 saturated carbocycles. The average molecular weight is 516 g/mol. The molecule has 8 nitrogen and oxygen atoms in total. The van der Waals surface area contributed by atoms with Crippen molar-refractivity contribution in [2.45, 2.75) is 58.0 Å². The summed E-state index contributed by atoms with van der Waals surface area (Å²) < 4.78 is 15.5. The van der Waals surface area contributed by atoms with Gasteiger partial charge in [0.25, 0.3) is 5.56 Å². The number of tetrazole rings is 1. The molecule has 0 bridgehead atoms. The summed E-state index contributed by atoms with van der Waals surface area (Å²) in [5, 5.41) is 14.1. The molecular formula is C29H34FN7O. The number of hydrogen-bond acceptors (Lipinski definition) is 6. The van der Waals surface area contributed by atoms with Crippen molar-refractivity contribution in [1.29, 1.82) is 0 Å². The van der Waals surface area contributed by atoms with Gasteiger partial charge in [-0.05, 0) is 84.0 Å². The summed E-state index contributed by atoms with van der Waals surface area (Å²) in [4.78, 5) is 21.4. The normalized spacial score (nSPS) is 18.2. The second-order valence-electron chi connectivity index (χ2n) is 10.7. The van der Waals surface area contributed by atoms with Crippen LogP contribution in [0.5, 0.6) is 0 Å². The SMILES string of the molecule is Cc1ccc2cc([C@H](c3nnnn3C3CCCCC3)N3CCN(c4ccc(F)cc4)CC3)c(=O)[nH]c2c1C. The van der Waals surface area contributed by atoms with E-state index in [2.05, 4.69) is 49.4 Å². The molecule has 0 unspecified atom stereocenters. The molecule has 38 heavy (non-hydrogen) atoms. The van der Waals surface area contributed by atoms with E-state index in [1.807, 2.05) is 29.8 Å². The predicted octanol–water partition coefficient (Wildman–Crippen LogP) is 4.69. The lowest BCUT2D eigenvalue weighted by Gasteiger charge is -2.40. The number of nitrogens with zero attached hydrogens (tertiary/aromatic N) is 6. The van der Waals surface area contributed by atoms with Gasteiger partial charge in [-0.3, -0.25) is 9.69 Å². The van der Waals surface area contributed by atoms with E-state index in [1.165, 1.54) is 31.4 Å². The molecule has 1 aliphatic carbocycles. The Balaban J connectivity index is 1.39. The summed E-state index contributed by atoms with van der Waals surface area (Å²) in [5.41, 5.74) is 4.69. The fourth-order valence-corrected chi connectivity index (χ4v) is 6.10. The second-order valence-corrected chi connectivity index (χ2v) is 10.7. The number of aromatic nitrogens is 5. The molecule has 2 aromatic heterocycles. The monoisotopic (exact) mass is 515 g/mol. The van der Waals surface area contributed by atoms with Crippen LogP contribution in [0.4, 0.5) is 10.1 Å². The Hall–Kier alpha value is -3.59. The highest BCUT2D eigenvalue weighted by Crippen LogP contribution is 2.34. The second kappa shape index (κ2) is 10.3. The zero-order chi connectivity index (χ0) is 26.2. The molecule has 0 spiro atoms. The van der Waals surface area contributed by atoms with Gasteiger partial charge in [0.15, 0.2) is 5.82 Å². The first kappa shape index (κ1) is 24.7. The van der Waals surface area contributed by atoms with Gasteiger partial charge < -0.3 is 9.88 Å². The van der Waals surface area contributed by atoms with Gasteiger partial charge in [-0.25, -0.2) is 9.07 Å². The number of benzene rings is 2. The number of pyridine rings is 1. The summed E-state index contributed by atoms with van der Waals surface area (Å²) in [6, 6.07) is 12.7. The van der Waals surface area contributed by atoms with Crippen molar-refractivity contribution in [1.82, 2.24) is 30.1 Å². The molecule has 1 N–H and O–H groups in total. The van der Waals surface area contributed by atoms with Gasteiger partial charge in [-0.1, -0.05) is 31.4 Å². The van der Waals surface area contributed by atoms with Crippen LogP contribution in [0.3, 0.4) is 0 Å². The maximum Gasteiger partial charge on any atom is 0.253 e. The van der Waals surface area contributed by atoms with Crippen molar-refractivity contribution >= 4 is 16.6 Å². The number of H-pyrrole nitrogens is 1. The molecule has 6 rings (SSSR count). The predicted molar refractivity (Wildman–Crippen MR) is 146 cm³/mol. The van der Waals surface area contributed by atoms with Crippen LogP contribution in [-0.4, -0.2) is 56.3 Å². The van der Waals surface area contributed by atoms with E-state index in [4.69, 9.17) is 0 Å². The Labute approximate surface area is 221 Å². The third kappa shape index (κ3) is 4.60. The number of hydrogen-bond donors (Lipinski definition) is 1. The van der Waals surface area contributed by atoms with Crippen LogP contribution in [0.2, 0.25) is 0 Å². The Morgan fingerprint density at radius 3 is 2.45 bits per heavy atom. The highest BCUT2D eigenvalue weighted by atomic mass is 19.1. The van der Waals surface area contributed by atoms with Crippen LogP contribution in [0.15, 0.2) is 47.3 Å². The lowest BCUT2D eigenvalue weighted by Crippen LogP contribution is -2.49. The first-order chi connectivity index (χ1) is 18.5. The van der Waals surface area contributed by atoms with E-state index in [0.29, 0.717) is 5.56 Å². The molecule has 2 aliphatic rings. The van der Waals surface area contributed by atoms with E-state index >= 15 is 0 Å². The molecule has 2 aromatic carbocycles. The third-order valence-electron chi connectivity index (χ3n) is 8.43. The number of rotatable bonds is 5. The molecule has 1 saturated heterocycles. The summed E-state index contributed by atoms with van der Waals surface area (Å²) in [6.45, 7) is 7.08. The van der Waals surface area contributed by atoms with Gasteiger partial charge in [0.05, 0.1) is 11.6 Å². The molecule has 0 amide bonds. The van der Waals surface area contributed by atoms with Crippen molar-refractivity contribution in [3.05, 3.63) is 81.2 Å². The third-order valence-corrected chi connectivity index (χ3v) is 8.43. The molecule has 198 valence electrons. The molecular weight excluding hydrogens is 481 g/mol. The lowest BCUT2D eigenvalue weighted by atomic mass is 9.94. The standard InChI is InChI=1S/C29H34FN7O/c1-19-8-9-21-18-25(29(38)31-26(21)20(19)2)27(28-32-33-34-37(28)24-6-4-3-5-7-24)36-16-14-35(15-17-36)23-12-10-22(30)11-13-23/h8-13,18,24,27H,3-7,14-17H2,1-2H3,(H,31,38)/t27-/m1/s1. The van der Waals surface area contributed by atoms with Gasteiger partial charge >= 0.3 is 0 Å². The van der Waals surface area contributed by atoms with Crippen LogP contribution in [-0.2, 0) is 0 Å². The van der Waals surface area contributed by atoms with E-state index in [1.54, 1.807) is 0 Å². The number of anilines is 1. The molecule has 9 heteroatoms. The Morgan fingerprint density at radius 1 is 0.974 bits per heavy atom. The van der Waals surface area contributed by atoms with Crippen LogP contribution in [0, 0.1) is 19.7 Å². The van der Waals surface area contributed by atoms with Gasteiger partial charge in [0.1, 0.15) is 11.9 Å². The van der Waals surface area contributed by atoms with Crippen LogP contribution in [0.25, 0.3) is 10.9 Å². The number of aryl methyl sites for hydroxylation is 2. The Morgan fingerprint density at radius 2 is 1.71 bits per heavy atom. The first-order valence-electron chi connectivity index (χ1n) is 13.6. The molecule has 2 fully saturated rings. The van der Waals surface area contributed by atoms with Gasteiger partial charge in [-0.15, -0.1) is 5.10 Å². The van der Waals surface area contributed by atoms with E-state index < -0.39 is 0 Å². The maximum atomic E-state index is 13.7. The van der Waals surface area contributed by atoms with E-state index in [9.17, 15) is 9.18 Å². The molecule has 1 aliphatic heterocycles. The Kier molecular flexibility index (Phi) is 6.69. The summed E-state index contributed by atoms with van der Waals surface area (Å²) in [7, 11) is 0. The first-order valence-corrected chi connectivity index (χ1v) is 13.6. The Bertz CT molecular complexity index is 1480. The fraction of sp³-hybridized carbons (Fsp3) is 0.448. The zero-order valence-corrected chi connectivity index (χ0v) is 22.0. The molecule has 4 aromatic rings. The van der Waals surface area contributed by atoms with Crippen molar-refractivity contribution in [2.75, 3.05) is 31.1 Å². The number of nitrogens with one attached hydrogen (secondary N) is 1. The minimum absolute atomic E-state index is 0.102.